The molecule has 0 amide bonds. The van der Waals surface area contributed by atoms with Gasteiger partial charge in [0.1, 0.15) is 23.1 Å². The number of piperazine rings is 1. The number of carbonyl (C=O) groups is 1. The Morgan fingerprint density at radius 1 is 1.15 bits per heavy atom. The zero-order valence-corrected chi connectivity index (χ0v) is 26.1. The van der Waals surface area contributed by atoms with E-state index < -0.39 is 29.6 Å². The number of fused-ring (bicyclic) bond motifs is 3. The minimum atomic E-state index is -2.83. The number of carboxylic acids is 1. The summed E-state index contributed by atoms with van der Waals surface area (Å²) < 4.78 is 61.8. The van der Waals surface area contributed by atoms with E-state index in [0.29, 0.717) is 53.2 Å². The van der Waals surface area contributed by atoms with Crippen LogP contribution in [-0.4, -0.2) is 74.3 Å². The summed E-state index contributed by atoms with van der Waals surface area (Å²) >= 11 is 6.05. The maximum atomic E-state index is 15.1. The third-order valence-corrected chi connectivity index (χ3v) is 9.87. The number of ether oxygens (including phenoxy) is 3. The summed E-state index contributed by atoms with van der Waals surface area (Å²) in [5.41, 5.74) is 1.65. The third-order valence-electron chi connectivity index (χ3n) is 9.64. The number of pyridine rings is 1. The van der Waals surface area contributed by atoms with E-state index in [1.807, 2.05) is 25.1 Å². The minimum absolute atomic E-state index is 0.0386. The summed E-state index contributed by atoms with van der Waals surface area (Å²) in [6.45, 7) is 3.63. The summed E-state index contributed by atoms with van der Waals surface area (Å²) in [7, 11) is 0. The molecule has 14 heteroatoms. The van der Waals surface area contributed by atoms with Crippen LogP contribution in [0.25, 0.3) is 11.0 Å². The average Bonchev–Trinajstić information content (AvgIpc) is 3.28. The second-order valence-electron chi connectivity index (χ2n) is 12.6. The number of aromatic carboxylic acids is 1. The van der Waals surface area contributed by atoms with Gasteiger partial charge in [-0.15, -0.1) is 0 Å². The molecule has 4 atom stereocenters. The van der Waals surface area contributed by atoms with Crippen molar-refractivity contribution in [2.24, 2.45) is 0 Å². The molecule has 2 aliphatic carbocycles. The summed E-state index contributed by atoms with van der Waals surface area (Å²) in [6.07, 6.45) is 2.00. The number of anilines is 1. The molecular weight excluding hydrogens is 639 g/mol. The summed E-state index contributed by atoms with van der Waals surface area (Å²) in [6, 6.07) is 12.0. The van der Waals surface area contributed by atoms with Gasteiger partial charge in [-0.05, 0) is 49.2 Å². The molecule has 2 aromatic heterocycles. The van der Waals surface area contributed by atoms with Crippen LogP contribution in [0.4, 0.5) is 18.9 Å². The van der Waals surface area contributed by atoms with Crippen molar-refractivity contribution in [1.29, 1.82) is 0 Å². The molecule has 1 unspecified atom stereocenters. The number of hydrogen-bond donors (Lipinski definition) is 1. The van der Waals surface area contributed by atoms with Crippen LogP contribution in [0.15, 0.2) is 48.7 Å². The monoisotopic (exact) mass is 669 g/mol. The predicted octanol–water partition coefficient (Wildman–Crippen LogP) is 5.84. The Morgan fingerprint density at radius 2 is 1.96 bits per heavy atom. The first-order valence-corrected chi connectivity index (χ1v) is 15.9. The summed E-state index contributed by atoms with van der Waals surface area (Å²) in [5.74, 6) is -4.16. The first-order valence-electron chi connectivity index (χ1n) is 15.6. The zero-order valence-electron chi connectivity index (χ0n) is 25.3. The zero-order chi connectivity index (χ0) is 32.7. The van der Waals surface area contributed by atoms with Gasteiger partial charge in [0.05, 0.1) is 34.9 Å². The van der Waals surface area contributed by atoms with Crippen molar-refractivity contribution < 1.29 is 37.3 Å². The lowest BCUT2D eigenvalue weighted by molar-refractivity contribution is -0.0717. The Kier molecular flexibility index (Phi) is 7.08. The second-order valence-corrected chi connectivity index (χ2v) is 13.1. The highest BCUT2D eigenvalue weighted by molar-refractivity contribution is 6.30. The van der Waals surface area contributed by atoms with Gasteiger partial charge in [-0.2, -0.15) is 0 Å². The van der Waals surface area contributed by atoms with E-state index in [1.165, 1.54) is 6.07 Å². The SMILES string of the molecule is C[C@]1(c2ccc(Cl)cn2)Oc2cccc(N3CCN(Cc4nc5c(F)cc(C(=O)O)cc5n4CCOC4CC4(F)F)[C@@H]4CC[C@@H]43)c2O1. The number of carboxylic acid groups (broad SMARTS) is 1. The standard InChI is InChI=1S/C33H31ClF3N5O5/c1-32(26-8-5-19(34)16-38-26)46-25-4-2-3-23(30(25)47-32)41-10-9-40(21-6-7-22(21)41)17-28-39-29-20(35)13-18(31(43)44)14-24(29)42(28)11-12-45-27-15-33(27,36)37/h2-5,8,13-14,16,21-22,27H,6-7,9-12,15,17H2,1H3,(H,43,44)/t21-,22+,27?,32+/m1/s1. The molecule has 4 heterocycles. The van der Waals surface area contributed by atoms with Crippen LogP contribution in [0.3, 0.4) is 0 Å². The van der Waals surface area contributed by atoms with Crippen LogP contribution >= 0.6 is 11.6 Å². The van der Waals surface area contributed by atoms with Crippen LogP contribution in [0.2, 0.25) is 5.02 Å². The average molecular weight is 670 g/mol. The Hall–Kier alpha value is -4.07. The minimum Gasteiger partial charge on any atom is -0.478 e. The molecule has 2 aromatic carbocycles. The van der Waals surface area contributed by atoms with E-state index in [1.54, 1.807) is 22.9 Å². The largest absolute Gasteiger partial charge is 0.478 e. The maximum Gasteiger partial charge on any atom is 0.335 e. The van der Waals surface area contributed by atoms with Gasteiger partial charge in [0.15, 0.2) is 17.3 Å². The van der Waals surface area contributed by atoms with Crippen LogP contribution in [0.1, 0.15) is 48.1 Å². The number of aromatic nitrogens is 3. The molecule has 10 nitrogen and oxygen atoms in total. The molecule has 0 spiro atoms. The molecular formula is C33H31ClF3N5O5. The molecule has 246 valence electrons. The van der Waals surface area contributed by atoms with Crippen molar-refractivity contribution in [2.75, 3.05) is 24.6 Å². The summed E-state index contributed by atoms with van der Waals surface area (Å²) in [4.78, 5) is 25.4. The predicted molar refractivity (Wildman–Crippen MR) is 165 cm³/mol. The van der Waals surface area contributed by atoms with E-state index in [9.17, 15) is 18.7 Å². The van der Waals surface area contributed by atoms with Gasteiger partial charge >= 0.3 is 5.97 Å². The first kappa shape index (κ1) is 30.3. The molecule has 4 aromatic rings. The fraction of sp³-hybridized carbons (Fsp3) is 0.424. The van der Waals surface area contributed by atoms with Crippen LogP contribution in [-0.2, 0) is 23.6 Å². The van der Waals surface area contributed by atoms with Crippen LogP contribution in [0, 0.1) is 5.82 Å². The lowest BCUT2D eigenvalue weighted by Gasteiger charge is -2.54. The quantitative estimate of drug-likeness (QED) is 0.235. The van der Waals surface area contributed by atoms with Gasteiger partial charge in [-0.1, -0.05) is 17.7 Å². The number of rotatable bonds is 9. The highest BCUT2D eigenvalue weighted by Gasteiger charge is 2.58. The van der Waals surface area contributed by atoms with E-state index in [0.717, 1.165) is 24.6 Å². The number of benzene rings is 2. The van der Waals surface area contributed by atoms with E-state index in [2.05, 4.69) is 19.8 Å². The van der Waals surface area contributed by atoms with Gasteiger partial charge in [0.2, 0.25) is 0 Å². The topological polar surface area (TPSA) is 102 Å². The fourth-order valence-electron chi connectivity index (χ4n) is 6.97. The van der Waals surface area contributed by atoms with Crippen molar-refractivity contribution in [3.63, 3.8) is 0 Å². The lowest BCUT2D eigenvalue weighted by Crippen LogP contribution is -2.64. The lowest BCUT2D eigenvalue weighted by atomic mass is 9.81. The van der Waals surface area contributed by atoms with E-state index in [4.69, 9.17) is 25.8 Å². The van der Waals surface area contributed by atoms with E-state index in [-0.39, 0.29) is 42.7 Å². The van der Waals surface area contributed by atoms with Gasteiger partial charge in [-0.25, -0.2) is 22.9 Å². The van der Waals surface area contributed by atoms with Crippen molar-refractivity contribution in [2.45, 2.75) is 69.2 Å². The van der Waals surface area contributed by atoms with E-state index >= 15 is 4.39 Å². The molecule has 1 N–H and O–H groups in total. The normalized spacial score (nSPS) is 25.9. The Labute approximate surface area is 272 Å². The highest BCUT2D eigenvalue weighted by Crippen LogP contribution is 2.51. The fourth-order valence-corrected chi connectivity index (χ4v) is 7.08. The number of halogens is 4. The van der Waals surface area contributed by atoms with Crippen LogP contribution in [0.5, 0.6) is 11.5 Å². The molecule has 3 fully saturated rings. The molecule has 0 bridgehead atoms. The van der Waals surface area contributed by atoms with Crippen molar-refractivity contribution in [1.82, 2.24) is 19.4 Å². The van der Waals surface area contributed by atoms with Gasteiger partial charge in [-0.3, -0.25) is 9.88 Å². The molecule has 8 rings (SSSR count). The molecule has 2 aliphatic heterocycles. The van der Waals surface area contributed by atoms with Crippen LogP contribution < -0.4 is 14.4 Å². The van der Waals surface area contributed by atoms with Gasteiger partial charge in [0, 0.05) is 51.3 Å². The Morgan fingerprint density at radius 3 is 2.66 bits per heavy atom. The Balaban J connectivity index is 1.04. The second kappa shape index (κ2) is 11.0. The van der Waals surface area contributed by atoms with Gasteiger partial charge < -0.3 is 28.8 Å². The third kappa shape index (κ3) is 5.24. The van der Waals surface area contributed by atoms with Crippen molar-refractivity contribution in [3.05, 3.63) is 76.6 Å². The number of para-hydroxylation sites is 1. The van der Waals surface area contributed by atoms with Gasteiger partial charge in [0.25, 0.3) is 11.7 Å². The van der Waals surface area contributed by atoms with Crippen molar-refractivity contribution in [3.8, 4) is 11.5 Å². The molecule has 4 aliphatic rings. The molecule has 1 saturated heterocycles. The Bertz CT molecular complexity index is 1890. The maximum absolute atomic E-state index is 15.1. The van der Waals surface area contributed by atoms with Crippen molar-refractivity contribution >= 4 is 34.3 Å². The first-order chi connectivity index (χ1) is 22.5. The molecule has 2 saturated carbocycles. The number of imidazole rings is 1. The number of hydrogen-bond acceptors (Lipinski definition) is 8. The number of nitrogens with zero attached hydrogens (tertiary/aromatic N) is 5. The summed E-state index contributed by atoms with van der Waals surface area (Å²) in [5, 5.41) is 10.1. The smallest absolute Gasteiger partial charge is 0.335 e. The molecule has 47 heavy (non-hydrogen) atoms. The highest BCUT2D eigenvalue weighted by atomic mass is 35.5. The molecule has 0 radical (unpaired) electrons. The number of alkyl halides is 2.